The predicted molar refractivity (Wildman–Crippen MR) is 168 cm³/mol. The molecule has 0 spiro atoms. The SMILES string of the molecule is CCOC(=O)C1=C(CN2CCN3C(=CC(C)=O)N(CC(C)(C)C(=O)O)CC3C2)NC(c2nccs2)=NC1c1cccc(F)c1C. The van der Waals surface area contributed by atoms with E-state index in [2.05, 4.69) is 20.1 Å². The number of fused-ring (bicyclic) bond motifs is 1. The van der Waals surface area contributed by atoms with Gasteiger partial charge < -0.3 is 25.0 Å². The minimum Gasteiger partial charge on any atom is -0.481 e. The molecule has 5 rings (SSSR count). The maximum absolute atomic E-state index is 14.8. The number of benzene rings is 1. The second-order valence-electron chi connectivity index (χ2n) is 12.2. The number of aromatic nitrogens is 1. The molecule has 1 aromatic heterocycles. The second kappa shape index (κ2) is 13.1. The highest BCUT2D eigenvalue weighted by Crippen LogP contribution is 2.36. The van der Waals surface area contributed by atoms with E-state index in [1.54, 1.807) is 52.1 Å². The van der Waals surface area contributed by atoms with Gasteiger partial charge in [-0.05, 0) is 51.8 Å². The van der Waals surface area contributed by atoms with E-state index in [-0.39, 0.29) is 30.8 Å². The maximum atomic E-state index is 14.8. The molecule has 0 saturated carbocycles. The van der Waals surface area contributed by atoms with Crippen LogP contribution in [0.2, 0.25) is 0 Å². The molecule has 0 radical (unpaired) electrons. The molecule has 45 heavy (non-hydrogen) atoms. The van der Waals surface area contributed by atoms with Crippen molar-refractivity contribution in [2.45, 2.75) is 46.7 Å². The van der Waals surface area contributed by atoms with Crippen LogP contribution in [0.5, 0.6) is 0 Å². The Hall–Kier alpha value is -4.10. The summed E-state index contributed by atoms with van der Waals surface area (Å²) in [6, 6.07) is 3.97. The minimum atomic E-state index is -1.01. The zero-order chi connectivity index (χ0) is 32.5. The fourth-order valence-corrected chi connectivity index (χ4v) is 6.67. The van der Waals surface area contributed by atoms with Crippen molar-refractivity contribution in [1.82, 2.24) is 25.0 Å². The van der Waals surface area contributed by atoms with Crippen molar-refractivity contribution >= 4 is 34.9 Å². The molecule has 11 nitrogen and oxygen atoms in total. The normalized spacial score (nSPS) is 21.5. The monoisotopic (exact) mass is 638 g/mol. The number of ether oxygens (including phenoxy) is 1. The quantitative estimate of drug-likeness (QED) is 0.296. The predicted octanol–water partition coefficient (Wildman–Crippen LogP) is 3.34. The average Bonchev–Trinajstić information content (AvgIpc) is 3.62. The minimum absolute atomic E-state index is 0.00228. The molecule has 240 valence electrons. The molecule has 2 saturated heterocycles. The summed E-state index contributed by atoms with van der Waals surface area (Å²) < 4.78 is 20.3. The van der Waals surface area contributed by atoms with E-state index in [9.17, 15) is 23.9 Å². The van der Waals surface area contributed by atoms with E-state index in [1.165, 1.54) is 24.3 Å². The Kier molecular flexibility index (Phi) is 9.40. The van der Waals surface area contributed by atoms with E-state index in [0.29, 0.717) is 66.0 Å². The highest BCUT2D eigenvalue weighted by molar-refractivity contribution is 7.11. The molecule has 2 atom stereocenters. The van der Waals surface area contributed by atoms with Gasteiger partial charge in [0.15, 0.2) is 16.6 Å². The smallest absolute Gasteiger partial charge is 0.338 e. The molecule has 2 unspecified atom stereocenters. The Morgan fingerprint density at radius 1 is 1.24 bits per heavy atom. The Morgan fingerprint density at radius 3 is 2.69 bits per heavy atom. The topological polar surface area (TPSA) is 128 Å². The number of nitrogens with one attached hydrogen (secondary N) is 1. The third-order valence-electron chi connectivity index (χ3n) is 8.36. The zero-order valence-electron chi connectivity index (χ0n) is 26.2. The van der Waals surface area contributed by atoms with Crippen LogP contribution >= 0.6 is 11.3 Å². The fourth-order valence-electron chi connectivity index (χ4n) is 6.08. The van der Waals surface area contributed by atoms with Crippen LogP contribution in [-0.2, 0) is 19.1 Å². The van der Waals surface area contributed by atoms with E-state index in [0.717, 1.165) is 5.82 Å². The van der Waals surface area contributed by atoms with Gasteiger partial charge in [0.05, 0.1) is 23.6 Å². The van der Waals surface area contributed by atoms with Crippen molar-refractivity contribution in [3.8, 4) is 0 Å². The highest BCUT2D eigenvalue weighted by atomic mass is 32.1. The summed E-state index contributed by atoms with van der Waals surface area (Å²) in [6.07, 6.45) is 3.26. The lowest BCUT2D eigenvalue weighted by Crippen LogP contribution is -2.52. The van der Waals surface area contributed by atoms with Crippen LogP contribution in [0.4, 0.5) is 4.39 Å². The first-order chi connectivity index (χ1) is 21.4. The standard InChI is InChI=1S/C32H39FN6O5S/c1-6-44-30(41)26-24(35-28(29-34-10-13-45-29)36-27(26)22-8-7-9-23(33)20(22)3)17-37-11-12-39-21(15-37)16-38(25(39)14-19(2)40)18-32(4,5)31(42)43/h7-10,13-14,21,27H,6,11-12,15-18H2,1-5H3,(H,35,36)(H,42,43). The van der Waals surface area contributed by atoms with Crippen LogP contribution in [0.3, 0.4) is 0 Å². The van der Waals surface area contributed by atoms with Crippen LogP contribution in [0.15, 0.2) is 57.9 Å². The molecule has 1 aromatic carbocycles. The van der Waals surface area contributed by atoms with Gasteiger partial charge in [-0.15, -0.1) is 11.3 Å². The molecule has 3 aliphatic rings. The van der Waals surface area contributed by atoms with Gasteiger partial charge >= 0.3 is 11.9 Å². The van der Waals surface area contributed by atoms with Crippen LogP contribution < -0.4 is 5.32 Å². The van der Waals surface area contributed by atoms with Crippen LogP contribution in [0.25, 0.3) is 0 Å². The van der Waals surface area contributed by atoms with Gasteiger partial charge in [0, 0.05) is 62.6 Å². The number of allylic oxidation sites excluding steroid dienone is 1. The van der Waals surface area contributed by atoms with Crippen molar-refractivity contribution < 1.29 is 28.6 Å². The average molecular weight is 639 g/mol. The summed E-state index contributed by atoms with van der Waals surface area (Å²) >= 11 is 1.41. The number of hydrogen-bond acceptors (Lipinski definition) is 11. The number of carboxylic acids is 1. The number of aliphatic carboxylic acids is 1. The number of esters is 1. The number of amidine groups is 1. The third-order valence-corrected chi connectivity index (χ3v) is 9.14. The van der Waals surface area contributed by atoms with Crippen molar-refractivity contribution in [3.05, 3.63) is 74.9 Å². The summed E-state index contributed by atoms with van der Waals surface area (Å²) in [7, 11) is 0. The lowest BCUT2D eigenvalue weighted by molar-refractivity contribution is -0.147. The number of aliphatic imine (C=N–C) groups is 1. The van der Waals surface area contributed by atoms with Crippen molar-refractivity contribution in [2.24, 2.45) is 10.4 Å². The van der Waals surface area contributed by atoms with Crippen molar-refractivity contribution in [1.29, 1.82) is 0 Å². The Labute approximate surface area is 266 Å². The first kappa shape index (κ1) is 32.3. The van der Waals surface area contributed by atoms with Gasteiger partial charge in [-0.3, -0.25) is 19.5 Å². The lowest BCUT2D eigenvalue weighted by Gasteiger charge is -2.39. The van der Waals surface area contributed by atoms with Gasteiger partial charge in [0.25, 0.3) is 0 Å². The Morgan fingerprint density at radius 2 is 2.02 bits per heavy atom. The second-order valence-corrected chi connectivity index (χ2v) is 13.1. The van der Waals surface area contributed by atoms with E-state index >= 15 is 0 Å². The van der Waals surface area contributed by atoms with Crippen molar-refractivity contribution in [2.75, 3.05) is 45.9 Å². The molecule has 4 heterocycles. The molecule has 2 N–H and O–H groups in total. The molecule has 2 aromatic rings. The number of piperazine rings is 1. The molecule has 2 fully saturated rings. The first-order valence-electron chi connectivity index (χ1n) is 15.0. The van der Waals surface area contributed by atoms with Gasteiger partial charge in [0.1, 0.15) is 17.7 Å². The van der Waals surface area contributed by atoms with Gasteiger partial charge in [-0.1, -0.05) is 12.1 Å². The van der Waals surface area contributed by atoms with E-state index in [4.69, 9.17) is 9.73 Å². The van der Waals surface area contributed by atoms with Crippen LogP contribution in [-0.4, -0.2) is 100 Å². The lowest BCUT2D eigenvalue weighted by atomic mass is 9.92. The van der Waals surface area contributed by atoms with Crippen molar-refractivity contribution in [3.63, 3.8) is 0 Å². The summed E-state index contributed by atoms with van der Waals surface area (Å²) in [5.74, 6) is -0.681. The largest absolute Gasteiger partial charge is 0.481 e. The summed E-state index contributed by atoms with van der Waals surface area (Å²) in [6.45, 7) is 11.5. The number of hydrogen-bond donors (Lipinski definition) is 2. The molecule has 0 aliphatic carbocycles. The molecular weight excluding hydrogens is 599 g/mol. The number of ketones is 1. The molecule has 0 amide bonds. The van der Waals surface area contributed by atoms with Gasteiger partial charge in [-0.2, -0.15) is 0 Å². The van der Waals surface area contributed by atoms with Gasteiger partial charge in [0.2, 0.25) is 0 Å². The zero-order valence-corrected chi connectivity index (χ0v) is 27.0. The Bertz CT molecular complexity index is 1570. The number of halogens is 1. The van der Waals surface area contributed by atoms with E-state index < -0.39 is 23.4 Å². The number of thiazole rings is 1. The van der Waals surface area contributed by atoms with Crippen LogP contribution in [0, 0.1) is 18.2 Å². The third kappa shape index (κ3) is 6.79. The van der Waals surface area contributed by atoms with Gasteiger partial charge in [-0.25, -0.2) is 14.2 Å². The number of carboxylic acid groups (broad SMARTS) is 1. The summed E-state index contributed by atoms with van der Waals surface area (Å²) in [5.41, 5.74) is 0.897. The maximum Gasteiger partial charge on any atom is 0.338 e. The van der Waals surface area contributed by atoms with E-state index in [1.807, 2.05) is 10.3 Å². The molecule has 0 bridgehead atoms. The summed E-state index contributed by atoms with van der Waals surface area (Å²) in [5, 5.41) is 15.6. The number of nitrogens with zero attached hydrogens (tertiary/aromatic N) is 5. The summed E-state index contributed by atoms with van der Waals surface area (Å²) in [4.78, 5) is 53.3. The number of carbonyl (C=O) groups is 3. The molecule has 13 heteroatoms. The number of carbonyl (C=O) groups excluding carboxylic acids is 2. The number of rotatable bonds is 10. The Balaban J connectivity index is 1.48. The fraction of sp³-hybridized carbons (Fsp3) is 0.469. The van der Waals surface area contributed by atoms with Crippen LogP contribution in [0.1, 0.15) is 49.9 Å². The molecular formula is C32H39FN6O5S. The first-order valence-corrected chi connectivity index (χ1v) is 15.9. The molecule has 3 aliphatic heterocycles. The highest BCUT2D eigenvalue weighted by Gasteiger charge is 2.42.